The van der Waals surface area contributed by atoms with Crippen molar-refractivity contribution >= 4 is 18.0 Å². The fraction of sp³-hybridized carbons (Fsp3) is 0.300. The molecule has 0 radical (unpaired) electrons. The number of alkyl carbamates (subject to hydrolysis) is 1. The smallest absolute Gasteiger partial charge is 0.407 e. The molecule has 0 fully saturated rings. The summed E-state index contributed by atoms with van der Waals surface area (Å²) in [6.07, 6.45) is 1.89. The summed E-state index contributed by atoms with van der Waals surface area (Å²) in [5, 5.41) is 5.63. The summed E-state index contributed by atoms with van der Waals surface area (Å²) in [4.78, 5) is 37.4. The summed E-state index contributed by atoms with van der Waals surface area (Å²) < 4.78 is 10.2. The first kappa shape index (κ1) is 27.5. The zero-order valence-corrected chi connectivity index (χ0v) is 21.1. The average Bonchev–Trinajstić information content (AvgIpc) is 2.94. The van der Waals surface area contributed by atoms with Crippen molar-refractivity contribution in [2.45, 2.75) is 44.2 Å². The summed E-state index contributed by atoms with van der Waals surface area (Å²) in [6, 6.07) is 27.9. The number of methoxy groups -OCH3 is 1. The number of esters is 1. The van der Waals surface area contributed by atoms with Gasteiger partial charge in [-0.25, -0.2) is 9.59 Å². The Morgan fingerprint density at radius 1 is 0.757 bits per heavy atom. The van der Waals surface area contributed by atoms with Crippen LogP contribution in [0.2, 0.25) is 0 Å². The fourth-order valence-corrected chi connectivity index (χ4v) is 4.10. The number of hydrogen-bond acceptors (Lipinski definition) is 5. The summed E-state index contributed by atoms with van der Waals surface area (Å²) in [5.74, 6) is -1.10. The van der Waals surface area contributed by atoms with E-state index in [1.54, 1.807) is 0 Å². The minimum absolute atomic E-state index is 0.220. The van der Waals surface area contributed by atoms with Crippen molar-refractivity contribution in [2.75, 3.05) is 13.7 Å². The van der Waals surface area contributed by atoms with Crippen molar-refractivity contribution in [2.24, 2.45) is 0 Å². The molecule has 0 spiro atoms. The number of unbranched alkanes of at least 4 members (excludes halogenated alkanes) is 2. The monoisotopic (exact) mass is 502 g/mol. The molecule has 3 aromatic carbocycles. The molecule has 1 atom stereocenters. The third-order valence-electron chi connectivity index (χ3n) is 5.99. The number of carbonyl (C=O) groups is 3. The van der Waals surface area contributed by atoms with Gasteiger partial charge in [0.2, 0.25) is 5.91 Å². The number of rotatable bonds is 13. The molecule has 0 aromatic heterocycles. The third kappa shape index (κ3) is 9.11. The lowest BCUT2D eigenvalue weighted by molar-refractivity contribution is -0.145. The van der Waals surface area contributed by atoms with E-state index in [2.05, 4.69) is 10.6 Å². The van der Waals surface area contributed by atoms with E-state index < -0.39 is 18.1 Å². The van der Waals surface area contributed by atoms with Crippen LogP contribution in [0, 0.1) is 0 Å². The maximum atomic E-state index is 12.8. The third-order valence-corrected chi connectivity index (χ3v) is 5.99. The van der Waals surface area contributed by atoms with Crippen LogP contribution in [0.25, 0.3) is 0 Å². The van der Waals surface area contributed by atoms with Gasteiger partial charge in [0.25, 0.3) is 0 Å². The Labute approximate surface area is 218 Å². The zero-order valence-electron chi connectivity index (χ0n) is 21.1. The highest BCUT2D eigenvalue weighted by Gasteiger charge is 2.33. The van der Waals surface area contributed by atoms with E-state index in [1.165, 1.54) is 7.11 Å². The highest BCUT2D eigenvalue weighted by molar-refractivity contribution is 5.85. The van der Waals surface area contributed by atoms with Gasteiger partial charge in [-0.1, -0.05) is 97.4 Å². The highest BCUT2D eigenvalue weighted by Crippen LogP contribution is 2.29. The first-order valence-corrected chi connectivity index (χ1v) is 12.5. The van der Waals surface area contributed by atoms with Crippen LogP contribution in [-0.2, 0) is 25.7 Å². The first-order chi connectivity index (χ1) is 18.1. The second kappa shape index (κ2) is 15.1. The molecule has 0 heterocycles. The maximum absolute atomic E-state index is 12.8. The van der Waals surface area contributed by atoms with Crippen LogP contribution < -0.4 is 10.6 Å². The van der Waals surface area contributed by atoms with Crippen LogP contribution >= 0.6 is 0 Å². The molecule has 0 unspecified atom stereocenters. The number of hydrogen-bond donors (Lipinski definition) is 2. The molecule has 7 heteroatoms. The second-order valence-corrected chi connectivity index (χ2v) is 8.67. The van der Waals surface area contributed by atoms with E-state index in [0.29, 0.717) is 19.4 Å². The van der Waals surface area contributed by atoms with Crippen molar-refractivity contribution < 1.29 is 23.9 Å². The standard InChI is InChI=1S/C30H34N2O5/c1-36-29(34)28(27(24-16-8-3-9-17-24)25-18-10-4-11-19-25)32-26(33)20-12-5-13-21-31-30(35)37-22-23-14-6-2-7-15-23/h2-4,6-11,14-19,27-28H,5,12-13,20-22H2,1H3,(H,31,35)(H,32,33)/t28-/m1/s1. The van der Waals surface area contributed by atoms with E-state index in [0.717, 1.165) is 23.1 Å². The lowest BCUT2D eigenvalue weighted by Gasteiger charge is -2.27. The van der Waals surface area contributed by atoms with E-state index in [9.17, 15) is 14.4 Å². The molecule has 37 heavy (non-hydrogen) atoms. The molecule has 0 saturated heterocycles. The molecule has 2 N–H and O–H groups in total. The van der Waals surface area contributed by atoms with Gasteiger partial charge in [-0.15, -0.1) is 0 Å². The molecule has 0 aliphatic rings. The van der Waals surface area contributed by atoms with Gasteiger partial charge in [-0.3, -0.25) is 4.79 Å². The number of amides is 2. The van der Waals surface area contributed by atoms with Gasteiger partial charge in [0.1, 0.15) is 12.6 Å². The Hall–Kier alpha value is -4.13. The zero-order chi connectivity index (χ0) is 26.3. The summed E-state index contributed by atoms with van der Waals surface area (Å²) in [6.45, 7) is 0.686. The van der Waals surface area contributed by atoms with E-state index in [-0.39, 0.29) is 24.9 Å². The van der Waals surface area contributed by atoms with Crippen LogP contribution in [0.1, 0.15) is 48.3 Å². The maximum Gasteiger partial charge on any atom is 0.407 e. The summed E-state index contributed by atoms with van der Waals surface area (Å²) in [7, 11) is 1.33. The second-order valence-electron chi connectivity index (χ2n) is 8.67. The Morgan fingerprint density at radius 2 is 1.32 bits per heavy atom. The predicted molar refractivity (Wildman–Crippen MR) is 142 cm³/mol. The molecule has 0 saturated carbocycles. The van der Waals surface area contributed by atoms with Crippen LogP contribution in [-0.4, -0.2) is 37.7 Å². The van der Waals surface area contributed by atoms with E-state index in [1.807, 2.05) is 91.0 Å². The average molecular weight is 503 g/mol. The predicted octanol–water partition coefficient (Wildman–Crippen LogP) is 4.96. The molecule has 3 aromatic rings. The summed E-state index contributed by atoms with van der Waals surface area (Å²) in [5.41, 5.74) is 2.75. The van der Waals surface area contributed by atoms with Gasteiger partial charge < -0.3 is 20.1 Å². The normalized spacial score (nSPS) is 11.4. The van der Waals surface area contributed by atoms with Crippen molar-refractivity contribution in [1.82, 2.24) is 10.6 Å². The van der Waals surface area contributed by atoms with Crippen LogP contribution in [0.5, 0.6) is 0 Å². The lowest BCUT2D eigenvalue weighted by atomic mass is 9.85. The molecule has 7 nitrogen and oxygen atoms in total. The van der Waals surface area contributed by atoms with Crippen LogP contribution in [0.4, 0.5) is 4.79 Å². The molecule has 0 aliphatic carbocycles. The molecular weight excluding hydrogens is 468 g/mol. The number of nitrogens with one attached hydrogen (secondary N) is 2. The van der Waals surface area contributed by atoms with E-state index in [4.69, 9.17) is 9.47 Å². The molecular formula is C30H34N2O5. The SMILES string of the molecule is COC(=O)[C@H](NC(=O)CCCCCNC(=O)OCc1ccccc1)C(c1ccccc1)c1ccccc1. The number of ether oxygens (including phenoxy) is 2. The van der Waals surface area contributed by atoms with Gasteiger partial charge in [0.15, 0.2) is 0 Å². The quantitative estimate of drug-likeness (QED) is 0.254. The van der Waals surface area contributed by atoms with Crippen molar-refractivity contribution in [3.8, 4) is 0 Å². The Bertz CT molecular complexity index is 1070. The van der Waals surface area contributed by atoms with Crippen LogP contribution in [0.3, 0.4) is 0 Å². The van der Waals surface area contributed by atoms with Gasteiger partial charge in [0.05, 0.1) is 7.11 Å². The first-order valence-electron chi connectivity index (χ1n) is 12.5. The minimum atomic E-state index is -0.858. The van der Waals surface area contributed by atoms with Crippen molar-refractivity contribution in [3.63, 3.8) is 0 Å². The van der Waals surface area contributed by atoms with Crippen molar-refractivity contribution in [3.05, 3.63) is 108 Å². The number of carbonyl (C=O) groups excluding carboxylic acids is 3. The Balaban J connectivity index is 1.46. The lowest BCUT2D eigenvalue weighted by Crippen LogP contribution is -2.46. The van der Waals surface area contributed by atoms with Gasteiger partial charge in [-0.05, 0) is 29.5 Å². The number of benzene rings is 3. The van der Waals surface area contributed by atoms with Gasteiger partial charge in [0, 0.05) is 18.9 Å². The summed E-state index contributed by atoms with van der Waals surface area (Å²) >= 11 is 0. The largest absolute Gasteiger partial charge is 0.467 e. The molecule has 0 aliphatic heterocycles. The molecule has 0 bridgehead atoms. The Morgan fingerprint density at radius 3 is 1.89 bits per heavy atom. The Kier molecular flexibility index (Phi) is 11.2. The molecule has 2 amide bonds. The van der Waals surface area contributed by atoms with E-state index >= 15 is 0 Å². The van der Waals surface area contributed by atoms with Gasteiger partial charge >= 0.3 is 12.1 Å². The topological polar surface area (TPSA) is 93.7 Å². The van der Waals surface area contributed by atoms with Crippen molar-refractivity contribution in [1.29, 1.82) is 0 Å². The molecule has 3 rings (SSSR count). The van der Waals surface area contributed by atoms with Crippen LogP contribution in [0.15, 0.2) is 91.0 Å². The minimum Gasteiger partial charge on any atom is -0.467 e. The highest BCUT2D eigenvalue weighted by atomic mass is 16.5. The molecule has 194 valence electrons. The van der Waals surface area contributed by atoms with Gasteiger partial charge in [-0.2, -0.15) is 0 Å². The fourth-order valence-electron chi connectivity index (χ4n) is 4.10.